The number of fused-ring (bicyclic) bond motifs is 1. The van der Waals surface area contributed by atoms with Crippen molar-refractivity contribution in [3.63, 3.8) is 0 Å². The third kappa shape index (κ3) is 3.67. The number of carbonyl (C=O) groups is 1. The molecule has 0 unspecified atom stereocenters. The molecule has 0 spiro atoms. The summed E-state index contributed by atoms with van der Waals surface area (Å²) in [6.07, 6.45) is 4.73. The number of amides is 1. The second kappa shape index (κ2) is 7.34. The highest BCUT2D eigenvalue weighted by Crippen LogP contribution is 2.18. The number of hydrogen-bond donors (Lipinski definition) is 2. The molecule has 126 valence electrons. The van der Waals surface area contributed by atoms with E-state index in [0.717, 1.165) is 48.3 Å². The molecule has 0 aliphatic heterocycles. The normalized spacial score (nSPS) is 13.2. The number of aromatic amines is 1. The average Bonchev–Trinajstić information content (AvgIpc) is 2.61. The van der Waals surface area contributed by atoms with Gasteiger partial charge < -0.3 is 15.0 Å². The molecule has 0 radical (unpaired) electrons. The molecule has 0 fully saturated rings. The van der Waals surface area contributed by atoms with Crippen molar-refractivity contribution in [3.8, 4) is 5.75 Å². The highest BCUT2D eigenvalue weighted by atomic mass is 16.5. The molecule has 24 heavy (non-hydrogen) atoms. The van der Waals surface area contributed by atoms with Crippen LogP contribution in [0.4, 0.5) is 0 Å². The number of nitrogens with one attached hydrogen (secondary N) is 2. The van der Waals surface area contributed by atoms with E-state index in [-0.39, 0.29) is 17.0 Å². The molecule has 5 nitrogen and oxygen atoms in total. The Balaban J connectivity index is 1.61. The lowest BCUT2D eigenvalue weighted by Crippen LogP contribution is -2.32. The maximum atomic E-state index is 12.3. The van der Waals surface area contributed by atoms with Gasteiger partial charge in [0.05, 0.1) is 7.11 Å². The molecule has 5 heteroatoms. The van der Waals surface area contributed by atoms with E-state index in [1.807, 2.05) is 24.3 Å². The summed E-state index contributed by atoms with van der Waals surface area (Å²) in [7, 11) is 1.63. The Morgan fingerprint density at radius 3 is 2.71 bits per heavy atom. The second-order valence-corrected chi connectivity index (χ2v) is 6.08. The first-order chi connectivity index (χ1) is 11.7. The first-order valence-corrected chi connectivity index (χ1v) is 8.33. The first-order valence-electron chi connectivity index (χ1n) is 8.33. The number of rotatable bonds is 5. The first kappa shape index (κ1) is 16.3. The summed E-state index contributed by atoms with van der Waals surface area (Å²) in [4.78, 5) is 27.3. The van der Waals surface area contributed by atoms with Crippen LogP contribution in [0.5, 0.6) is 5.75 Å². The van der Waals surface area contributed by atoms with Gasteiger partial charge in [0.1, 0.15) is 11.3 Å². The summed E-state index contributed by atoms with van der Waals surface area (Å²) < 4.78 is 5.12. The predicted octanol–water partition coefficient (Wildman–Crippen LogP) is 2.23. The van der Waals surface area contributed by atoms with Gasteiger partial charge in [-0.2, -0.15) is 0 Å². The molecule has 3 rings (SSSR count). The van der Waals surface area contributed by atoms with Gasteiger partial charge in [0.15, 0.2) is 0 Å². The Morgan fingerprint density at radius 2 is 1.96 bits per heavy atom. The van der Waals surface area contributed by atoms with Crippen molar-refractivity contribution in [2.24, 2.45) is 0 Å². The van der Waals surface area contributed by atoms with Crippen LogP contribution in [0.3, 0.4) is 0 Å². The number of carbonyl (C=O) groups excluding carboxylic acids is 1. The third-order valence-corrected chi connectivity index (χ3v) is 4.44. The summed E-state index contributed by atoms with van der Waals surface area (Å²) in [5.74, 6) is 0.501. The van der Waals surface area contributed by atoms with Crippen molar-refractivity contribution in [3.05, 3.63) is 63.1 Å². The van der Waals surface area contributed by atoms with E-state index in [4.69, 9.17) is 4.74 Å². The molecular weight excluding hydrogens is 304 g/mol. The average molecular weight is 326 g/mol. The minimum Gasteiger partial charge on any atom is -0.497 e. The molecule has 0 atom stereocenters. The summed E-state index contributed by atoms with van der Waals surface area (Å²) >= 11 is 0. The van der Waals surface area contributed by atoms with Crippen LogP contribution in [0.2, 0.25) is 0 Å². The summed E-state index contributed by atoms with van der Waals surface area (Å²) in [6, 6.07) is 9.49. The molecule has 1 aromatic carbocycles. The molecule has 0 saturated heterocycles. The lowest BCUT2D eigenvalue weighted by molar-refractivity contribution is 0.0952. The number of benzene rings is 1. The molecule has 1 heterocycles. The van der Waals surface area contributed by atoms with E-state index in [2.05, 4.69) is 10.3 Å². The molecule has 1 aliphatic rings. The van der Waals surface area contributed by atoms with Crippen LogP contribution in [0, 0.1) is 0 Å². The Bertz CT molecular complexity index is 778. The number of aromatic nitrogens is 1. The van der Waals surface area contributed by atoms with E-state index >= 15 is 0 Å². The van der Waals surface area contributed by atoms with Gasteiger partial charge in [-0.25, -0.2) is 0 Å². The number of ether oxygens (including phenoxy) is 1. The van der Waals surface area contributed by atoms with Crippen molar-refractivity contribution < 1.29 is 9.53 Å². The van der Waals surface area contributed by atoms with E-state index in [1.165, 1.54) is 0 Å². The van der Waals surface area contributed by atoms with Gasteiger partial charge in [-0.1, -0.05) is 12.1 Å². The van der Waals surface area contributed by atoms with Crippen LogP contribution in [-0.4, -0.2) is 24.5 Å². The van der Waals surface area contributed by atoms with Crippen molar-refractivity contribution in [1.82, 2.24) is 10.3 Å². The maximum Gasteiger partial charge on any atom is 0.261 e. The summed E-state index contributed by atoms with van der Waals surface area (Å²) in [5.41, 5.74) is 3.11. The predicted molar refractivity (Wildman–Crippen MR) is 92.7 cm³/mol. The molecule has 1 aromatic heterocycles. The van der Waals surface area contributed by atoms with Gasteiger partial charge in [-0.15, -0.1) is 0 Å². The quantitative estimate of drug-likeness (QED) is 0.885. The standard InChI is InChI=1S/C19H22N2O3/c1-24-15-8-6-13(7-9-15)10-11-20-18(22)16-12-14-4-2-3-5-17(14)21-19(16)23/h6-9,12H,2-5,10-11H2,1H3,(H,20,22)(H,21,23). The number of H-pyrrole nitrogens is 1. The van der Waals surface area contributed by atoms with E-state index in [9.17, 15) is 9.59 Å². The largest absolute Gasteiger partial charge is 0.497 e. The van der Waals surface area contributed by atoms with Crippen molar-refractivity contribution >= 4 is 5.91 Å². The van der Waals surface area contributed by atoms with Gasteiger partial charge in [0.2, 0.25) is 0 Å². The van der Waals surface area contributed by atoms with Gasteiger partial charge in [0, 0.05) is 12.2 Å². The van der Waals surface area contributed by atoms with E-state index in [1.54, 1.807) is 13.2 Å². The van der Waals surface area contributed by atoms with Gasteiger partial charge in [-0.05, 0) is 61.4 Å². The molecule has 1 aliphatic carbocycles. The third-order valence-electron chi connectivity index (χ3n) is 4.44. The molecule has 0 saturated carbocycles. The minimum atomic E-state index is -0.307. The van der Waals surface area contributed by atoms with E-state index < -0.39 is 0 Å². The molecule has 1 amide bonds. The summed E-state index contributed by atoms with van der Waals surface area (Å²) in [6.45, 7) is 0.488. The fourth-order valence-electron chi connectivity index (χ4n) is 3.05. The molecule has 0 bridgehead atoms. The Morgan fingerprint density at radius 1 is 1.21 bits per heavy atom. The van der Waals surface area contributed by atoms with Crippen LogP contribution in [0.1, 0.15) is 40.0 Å². The number of aryl methyl sites for hydroxylation is 2. The Kier molecular flexibility index (Phi) is 4.99. The van der Waals surface area contributed by atoms with Crippen LogP contribution in [-0.2, 0) is 19.3 Å². The lowest BCUT2D eigenvalue weighted by atomic mass is 9.95. The Hall–Kier alpha value is -2.56. The minimum absolute atomic E-state index is 0.213. The molecule has 2 aromatic rings. The van der Waals surface area contributed by atoms with Crippen molar-refractivity contribution in [1.29, 1.82) is 0 Å². The highest BCUT2D eigenvalue weighted by Gasteiger charge is 2.16. The van der Waals surface area contributed by atoms with Crippen LogP contribution < -0.4 is 15.6 Å². The topological polar surface area (TPSA) is 71.2 Å². The zero-order valence-electron chi connectivity index (χ0n) is 13.9. The lowest BCUT2D eigenvalue weighted by Gasteiger charge is -2.15. The SMILES string of the molecule is COc1ccc(CCNC(=O)c2cc3c([nH]c2=O)CCCC3)cc1. The number of methoxy groups -OCH3 is 1. The zero-order chi connectivity index (χ0) is 16.9. The Labute approximate surface area is 141 Å². The highest BCUT2D eigenvalue weighted by molar-refractivity contribution is 5.94. The maximum absolute atomic E-state index is 12.3. The van der Waals surface area contributed by atoms with Crippen molar-refractivity contribution in [2.75, 3.05) is 13.7 Å². The molecule has 2 N–H and O–H groups in total. The van der Waals surface area contributed by atoms with Crippen molar-refractivity contribution in [2.45, 2.75) is 32.1 Å². The number of hydrogen-bond acceptors (Lipinski definition) is 3. The van der Waals surface area contributed by atoms with Gasteiger partial charge in [-0.3, -0.25) is 9.59 Å². The van der Waals surface area contributed by atoms with Crippen LogP contribution >= 0.6 is 0 Å². The van der Waals surface area contributed by atoms with Crippen LogP contribution in [0.25, 0.3) is 0 Å². The van der Waals surface area contributed by atoms with Gasteiger partial charge >= 0.3 is 0 Å². The number of pyridine rings is 1. The summed E-state index contributed by atoms with van der Waals surface area (Å²) in [5, 5.41) is 2.83. The van der Waals surface area contributed by atoms with Gasteiger partial charge in [0.25, 0.3) is 11.5 Å². The van der Waals surface area contributed by atoms with E-state index in [0.29, 0.717) is 13.0 Å². The van der Waals surface area contributed by atoms with Crippen LogP contribution in [0.15, 0.2) is 35.1 Å². The monoisotopic (exact) mass is 326 g/mol. The second-order valence-electron chi connectivity index (χ2n) is 6.08. The fourth-order valence-corrected chi connectivity index (χ4v) is 3.05. The fraction of sp³-hybridized carbons (Fsp3) is 0.368. The zero-order valence-corrected chi connectivity index (χ0v) is 13.9. The molecular formula is C19H22N2O3. The smallest absolute Gasteiger partial charge is 0.261 e.